The van der Waals surface area contributed by atoms with Gasteiger partial charge in [0.2, 0.25) is 11.8 Å². The number of likely N-dealkylation sites (tertiary alicyclic amines) is 1. The maximum Gasteiger partial charge on any atom is 0.243 e. The van der Waals surface area contributed by atoms with Crippen LogP contribution in [0.4, 0.5) is 5.69 Å². The molecule has 3 aliphatic rings. The number of benzene rings is 1. The standard InChI is InChI=1S/C34H47N7O3/c1-3-4-18-34(37-38-34)19-15-31(42)41(30-24-36-39(2)25-30)32(28-16-21-40(22-17-28)29-13-9-6-10-14-29)33(43)35-20-23-44-26-27-11-7-5-8-12-27/h1,5,7-8,11-12,24-25,28-29,32H,4,6,9-10,13-23,26H2,2H3,(H,35,43). The normalized spacial score (nSPS) is 19.3. The highest BCUT2D eigenvalue weighted by Crippen LogP contribution is 2.39. The average Bonchev–Trinajstić information content (AvgIpc) is 3.71. The molecule has 2 aromatic rings. The summed E-state index contributed by atoms with van der Waals surface area (Å²) in [4.78, 5) is 32.5. The number of piperidine rings is 1. The molecular formula is C34H47N7O3. The van der Waals surface area contributed by atoms with Crippen molar-refractivity contribution in [3.8, 4) is 12.3 Å². The zero-order valence-electron chi connectivity index (χ0n) is 26.1. The topological polar surface area (TPSA) is 104 Å². The Kier molecular flexibility index (Phi) is 11.2. The van der Waals surface area contributed by atoms with Crippen LogP contribution in [0.3, 0.4) is 0 Å². The molecule has 2 aliphatic heterocycles. The van der Waals surface area contributed by atoms with E-state index < -0.39 is 11.7 Å². The summed E-state index contributed by atoms with van der Waals surface area (Å²) >= 11 is 0. The highest BCUT2D eigenvalue weighted by molar-refractivity contribution is 6.00. The average molecular weight is 602 g/mol. The van der Waals surface area contributed by atoms with Crippen LogP contribution in [0.1, 0.15) is 76.2 Å². The van der Waals surface area contributed by atoms with Gasteiger partial charge in [-0.2, -0.15) is 15.3 Å². The molecule has 5 rings (SSSR count). The van der Waals surface area contributed by atoms with Gasteiger partial charge < -0.3 is 15.0 Å². The first-order valence-electron chi connectivity index (χ1n) is 16.3. The van der Waals surface area contributed by atoms with Crippen LogP contribution >= 0.6 is 0 Å². The molecule has 1 unspecified atom stereocenters. The summed E-state index contributed by atoms with van der Waals surface area (Å²) in [5.74, 6) is 2.40. The molecule has 1 aromatic heterocycles. The van der Waals surface area contributed by atoms with Gasteiger partial charge in [-0.1, -0.05) is 49.6 Å². The van der Waals surface area contributed by atoms with E-state index in [9.17, 15) is 9.59 Å². The van der Waals surface area contributed by atoms with Crippen molar-refractivity contribution in [2.45, 2.75) is 95.0 Å². The number of aryl methyl sites for hydroxylation is 1. The van der Waals surface area contributed by atoms with Crippen LogP contribution in [0.5, 0.6) is 0 Å². The third-order valence-electron chi connectivity index (χ3n) is 9.35. The highest BCUT2D eigenvalue weighted by atomic mass is 16.5. The fourth-order valence-corrected chi connectivity index (χ4v) is 6.79. The van der Waals surface area contributed by atoms with Gasteiger partial charge >= 0.3 is 0 Å². The summed E-state index contributed by atoms with van der Waals surface area (Å²) in [6.07, 6.45) is 19.0. The Bertz CT molecular complexity index is 1280. The van der Waals surface area contributed by atoms with E-state index >= 15 is 0 Å². The summed E-state index contributed by atoms with van der Waals surface area (Å²) in [6, 6.07) is 9.97. The van der Waals surface area contributed by atoms with Gasteiger partial charge in [-0.25, -0.2) is 0 Å². The predicted octanol–water partition coefficient (Wildman–Crippen LogP) is 4.86. The zero-order chi connectivity index (χ0) is 30.8. The van der Waals surface area contributed by atoms with Crippen LogP contribution in [0.15, 0.2) is 53.0 Å². The first-order valence-corrected chi connectivity index (χ1v) is 16.3. The van der Waals surface area contributed by atoms with Gasteiger partial charge in [-0.15, -0.1) is 12.3 Å². The molecule has 0 radical (unpaired) electrons. The van der Waals surface area contributed by atoms with Crippen molar-refractivity contribution in [3.05, 3.63) is 48.3 Å². The minimum absolute atomic E-state index is 0.0231. The summed E-state index contributed by atoms with van der Waals surface area (Å²) in [5.41, 5.74) is 1.15. The Morgan fingerprint density at radius 2 is 1.86 bits per heavy atom. The molecule has 1 aliphatic carbocycles. The van der Waals surface area contributed by atoms with E-state index in [1.165, 1.54) is 32.1 Å². The molecule has 2 fully saturated rings. The van der Waals surface area contributed by atoms with Crippen molar-refractivity contribution in [1.82, 2.24) is 20.0 Å². The first-order chi connectivity index (χ1) is 21.5. The molecule has 1 N–H and O–H groups in total. The lowest BCUT2D eigenvalue weighted by atomic mass is 9.85. The number of amides is 2. The fourth-order valence-electron chi connectivity index (χ4n) is 6.79. The minimum Gasteiger partial charge on any atom is -0.375 e. The van der Waals surface area contributed by atoms with Crippen LogP contribution in [0, 0.1) is 18.3 Å². The quantitative estimate of drug-likeness (QED) is 0.232. The van der Waals surface area contributed by atoms with Crippen LogP contribution < -0.4 is 10.2 Å². The molecule has 0 spiro atoms. The summed E-state index contributed by atoms with van der Waals surface area (Å²) < 4.78 is 7.51. The largest absolute Gasteiger partial charge is 0.375 e. The number of nitrogens with one attached hydrogen (secondary N) is 1. The molecule has 3 heterocycles. The number of rotatable bonds is 15. The molecule has 236 valence electrons. The van der Waals surface area contributed by atoms with E-state index in [2.05, 4.69) is 31.5 Å². The van der Waals surface area contributed by atoms with Gasteiger partial charge in [0.1, 0.15) is 6.04 Å². The Morgan fingerprint density at radius 1 is 1.11 bits per heavy atom. The zero-order valence-corrected chi connectivity index (χ0v) is 26.1. The lowest BCUT2D eigenvalue weighted by molar-refractivity contribution is -0.128. The molecule has 1 atom stereocenters. The van der Waals surface area contributed by atoms with Crippen molar-refractivity contribution in [3.63, 3.8) is 0 Å². The highest BCUT2D eigenvalue weighted by Gasteiger charge is 2.43. The molecule has 2 amide bonds. The van der Waals surface area contributed by atoms with Crippen molar-refractivity contribution in [2.24, 2.45) is 23.2 Å². The molecule has 10 nitrogen and oxygen atoms in total. The number of ether oxygens (including phenoxy) is 1. The molecule has 1 saturated carbocycles. The molecule has 1 saturated heterocycles. The SMILES string of the molecule is C#CCCC1(CCC(=O)N(c2cnn(C)c2)C(C(=O)NCCOCc2ccccc2)C2CCN(C3CCCCC3)CC2)N=N1. The summed E-state index contributed by atoms with van der Waals surface area (Å²) in [6.45, 7) is 3.13. The molecule has 0 bridgehead atoms. The van der Waals surface area contributed by atoms with Gasteiger partial charge in [0.05, 0.1) is 25.1 Å². The Labute approximate surface area is 261 Å². The molecular weight excluding hydrogens is 554 g/mol. The Morgan fingerprint density at radius 3 is 2.52 bits per heavy atom. The summed E-state index contributed by atoms with van der Waals surface area (Å²) in [7, 11) is 1.82. The van der Waals surface area contributed by atoms with Crippen molar-refractivity contribution in [1.29, 1.82) is 0 Å². The second-order valence-electron chi connectivity index (χ2n) is 12.5. The number of carbonyl (C=O) groups is 2. The lowest BCUT2D eigenvalue weighted by Crippen LogP contribution is -2.56. The van der Waals surface area contributed by atoms with Crippen LogP contribution in [-0.2, 0) is 28.0 Å². The van der Waals surface area contributed by atoms with Gasteiger partial charge in [-0.3, -0.25) is 19.2 Å². The number of hydrogen-bond donors (Lipinski definition) is 1. The number of nitrogens with zero attached hydrogens (tertiary/aromatic N) is 6. The Hall–Kier alpha value is -3.55. The fraction of sp³-hybridized carbons (Fsp3) is 0.618. The van der Waals surface area contributed by atoms with E-state index in [0.717, 1.165) is 31.5 Å². The van der Waals surface area contributed by atoms with E-state index in [1.807, 2.05) is 43.6 Å². The number of anilines is 1. The number of aromatic nitrogens is 2. The third kappa shape index (κ3) is 8.54. The second-order valence-corrected chi connectivity index (χ2v) is 12.5. The number of hydrogen-bond acceptors (Lipinski definition) is 7. The van der Waals surface area contributed by atoms with Crippen molar-refractivity contribution < 1.29 is 14.3 Å². The third-order valence-corrected chi connectivity index (χ3v) is 9.35. The van der Waals surface area contributed by atoms with Gasteiger partial charge in [0, 0.05) is 51.5 Å². The smallest absolute Gasteiger partial charge is 0.243 e. The second kappa shape index (κ2) is 15.4. The van der Waals surface area contributed by atoms with Crippen LogP contribution in [0.2, 0.25) is 0 Å². The minimum atomic E-state index is -0.649. The van der Waals surface area contributed by atoms with E-state index in [1.54, 1.807) is 15.8 Å². The van der Waals surface area contributed by atoms with E-state index in [4.69, 9.17) is 11.2 Å². The number of carbonyl (C=O) groups excluding carboxylic acids is 2. The maximum atomic E-state index is 14.1. The lowest BCUT2D eigenvalue weighted by Gasteiger charge is -2.43. The number of terminal acetylenes is 1. The van der Waals surface area contributed by atoms with Gasteiger partial charge in [0.25, 0.3) is 0 Å². The van der Waals surface area contributed by atoms with E-state index in [-0.39, 0.29) is 24.2 Å². The molecule has 1 aromatic carbocycles. The van der Waals surface area contributed by atoms with Gasteiger partial charge in [0.15, 0.2) is 5.66 Å². The molecule has 10 heteroatoms. The first kappa shape index (κ1) is 31.9. The van der Waals surface area contributed by atoms with Crippen molar-refractivity contribution in [2.75, 3.05) is 31.1 Å². The van der Waals surface area contributed by atoms with E-state index in [0.29, 0.717) is 50.8 Å². The van der Waals surface area contributed by atoms with Crippen molar-refractivity contribution >= 4 is 17.5 Å². The molecule has 44 heavy (non-hydrogen) atoms. The van der Waals surface area contributed by atoms with Gasteiger partial charge in [-0.05, 0) is 50.3 Å². The predicted molar refractivity (Wildman–Crippen MR) is 170 cm³/mol. The monoisotopic (exact) mass is 601 g/mol. The van der Waals surface area contributed by atoms with Crippen LogP contribution in [-0.4, -0.2) is 70.5 Å². The summed E-state index contributed by atoms with van der Waals surface area (Å²) in [5, 5.41) is 15.9. The Balaban J connectivity index is 1.29. The van der Waals surface area contributed by atoms with Crippen LogP contribution in [0.25, 0.3) is 0 Å². The maximum absolute atomic E-state index is 14.1.